The van der Waals surface area contributed by atoms with E-state index in [-0.39, 0.29) is 5.56 Å². The van der Waals surface area contributed by atoms with Crippen molar-refractivity contribution in [2.24, 2.45) is 0 Å². The van der Waals surface area contributed by atoms with Crippen LogP contribution in [0.1, 0.15) is 49.9 Å². The molecule has 1 aromatic carbocycles. The van der Waals surface area contributed by atoms with Gasteiger partial charge in [-0.05, 0) is 45.4 Å². The first-order valence-corrected chi connectivity index (χ1v) is 7.08. The molecule has 1 saturated heterocycles. The van der Waals surface area contributed by atoms with Crippen molar-refractivity contribution >= 4 is 6.09 Å². The number of hydroxylamine groups is 2. The Morgan fingerprint density at radius 1 is 1.50 bits per heavy atom. The number of halogens is 1. The molecule has 0 spiro atoms. The fraction of sp³-hybridized carbons (Fsp3) is 0.500. The minimum absolute atomic E-state index is 0.256. The van der Waals surface area contributed by atoms with E-state index >= 15 is 0 Å². The van der Waals surface area contributed by atoms with Crippen LogP contribution >= 0.6 is 0 Å². The Kier molecular flexibility index (Phi) is 4.38. The first-order chi connectivity index (χ1) is 10.2. The lowest BCUT2D eigenvalue weighted by Gasteiger charge is -2.27. The molecule has 1 atom stereocenters. The number of carbonyl (C=O) groups excluding carboxylic acids is 1. The van der Waals surface area contributed by atoms with Crippen molar-refractivity contribution in [1.82, 2.24) is 5.06 Å². The van der Waals surface area contributed by atoms with Crippen molar-refractivity contribution in [2.45, 2.75) is 45.8 Å². The summed E-state index contributed by atoms with van der Waals surface area (Å²) < 4.78 is 19.2. The van der Waals surface area contributed by atoms with Crippen molar-refractivity contribution < 1.29 is 18.8 Å². The number of carbonyl (C=O) groups is 1. The van der Waals surface area contributed by atoms with Gasteiger partial charge in [0.2, 0.25) is 0 Å². The Balaban J connectivity index is 2.30. The van der Waals surface area contributed by atoms with Gasteiger partial charge in [-0.3, -0.25) is 4.84 Å². The van der Waals surface area contributed by atoms with Crippen molar-refractivity contribution in [3.63, 3.8) is 0 Å². The SMILES string of the molecule is Cc1c(F)cc([C@@H]2CCON2C(=O)OC(C)(C)C)cc1C#N. The third kappa shape index (κ3) is 3.37. The average Bonchev–Trinajstić information content (AvgIpc) is 2.89. The van der Waals surface area contributed by atoms with E-state index in [1.165, 1.54) is 6.07 Å². The van der Waals surface area contributed by atoms with Gasteiger partial charge >= 0.3 is 6.09 Å². The van der Waals surface area contributed by atoms with Gasteiger partial charge in [-0.1, -0.05) is 0 Å². The zero-order valence-electron chi connectivity index (χ0n) is 13.1. The molecule has 6 heteroatoms. The van der Waals surface area contributed by atoms with Gasteiger partial charge in [-0.2, -0.15) is 10.3 Å². The molecule has 0 saturated carbocycles. The molecule has 5 nitrogen and oxygen atoms in total. The molecule has 1 amide bonds. The summed E-state index contributed by atoms with van der Waals surface area (Å²) >= 11 is 0. The highest BCUT2D eigenvalue weighted by atomic mass is 19.1. The first kappa shape index (κ1) is 16.2. The van der Waals surface area contributed by atoms with Gasteiger partial charge in [0.1, 0.15) is 11.4 Å². The molecule has 0 unspecified atom stereocenters. The largest absolute Gasteiger partial charge is 0.442 e. The normalized spacial score (nSPS) is 18.2. The van der Waals surface area contributed by atoms with Crippen LogP contribution < -0.4 is 0 Å². The highest BCUT2D eigenvalue weighted by Crippen LogP contribution is 2.33. The van der Waals surface area contributed by atoms with Crippen LogP contribution in [-0.4, -0.2) is 23.4 Å². The zero-order chi connectivity index (χ0) is 16.5. The van der Waals surface area contributed by atoms with Crippen LogP contribution in [0.2, 0.25) is 0 Å². The summed E-state index contributed by atoms with van der Waals surface area (Å²) in [5.41, 5.74) is 0.437. The van der Waals surface area contributed by atoms with Crippen LogP contribution in [-0.2, 0) is 9.57 Å². The Morgan fingerprint density at radius 3 is 2.77 bits per heavy atom. The van der Waals surface area contributed by atoms with Gasteiger partial charge in [-0.25, -0.2) is 9.18 Å². The number of nitriles is 1. The van der Waals surface area contributed by atoms with E-state index in [9.17, 15) is 9.18 Å². The quantitative estimate of drug-likeness (QED) is 0.795. The van der Waals surface area contributed by atoms with Gasteiger partial charge in [-0.15, -0.1) is 0 Å². The van der Waals surface area contributed by atoms with E-state index in [0.717, 1.165) is 5.06 Å². The molecule has 0 aliphatic carbocycles. The molecule has 1 aliphatic rings. The van der Waals surface area contributed by atoms with Crippen LogP contribution in [0.25, 0.3) is 0 Å². The van der Waals surface area contributed by atoms with Gasteiger partial charge in [0.25, 0.3) is 0 Å². The molecular formula is C16H19FN2O3. The van der Waals surface area contributed by atoms with Crippen molar-refractivity contribution in [3.05, 3.63) is 34.6 Å². The second-order valence-electron chi connectivity index (χ2n) is 6.23. The van der Waals surface area contributed by atoms with Gasteiger partial charge in [0.05, 0.1) is 24.3 Å². The van der Waals surface area contributed by atoms with Crippen molar-refractivity contribution in [1.29, 1.82) is 5.26 Å². The minimum atomic E-state index is -0.649. The molecule has 1 aromatic rings. The van der Waals surface area contributed by atoms with Crippen LogP contribution in [0.3, 0.4) is 0 Å². The summed E-state index contributed by atoms with van der Waals surface area (Å²) in [6.45, 7) is 7.16. The zero-order valence-corrected chi connectivity index (χ0v) is 13.1. The third-order valence-corrected chi connectivity index (χ3v) is 3.35. The maximum atomic E-state index is 14.0. The fourth-order valence-corrected chi connectivity index (χ4v) is 2.27. The summed E-state index contributed by atoms with van der Waals surface area (Å²) in [7, 11) is 0. The van der Waals surface area contributed by atoms with E-state index < -0.39 is 23.6 Å². The Morgan fingerprint density at radius 2 is 2.18 bits per heavy atom. The molecule has 0 aromatic heterocycles. The van der Waals surface area contributed by atoms with Gasteiger partial charge in [0, 0.05) is 12.0 Å². The standard InChI is InChI=1S/C16H19FN2O3/c1-10-12(9-18)7-11(8-13(10)17)14-5-6-21-19(14)15(20)22-16(2,3)4/h7-8,14H,5-6H2,1-4H3/t14-/m0/s1. The van der Waals surface area contributed by atoms with Crippen LogP contribution in [0.4, 0.5) is 9.18 Å². The number of amides is 1. The number of benzene rings is 1. The minimum Gasteiger partial charge on any atom is -0.442 e. The maximum absolute atomic E-state index is 14.0. The lowest BCUT2D eigenvalue weighted by molar-refractivity contribution is -0.125. The molecule has 118 valence electrons. The van der Waals surface area contributed by atoms with E-state index in [4.69, 9.17) is 14.8 Å². The molecular weight excluding hydrogens is 287 g/mol. The van der Waals surface area contributed by atoms with Gasteiger partial charge < -0.3 is 4.74 Å². The fourth-order valence-electron chi connectivity index (χ4n) is 2.27. The van der Waals surface area contributed by atoms with Crippen LogP contribution in [0, 0.1) is 24.1 Å². The van der Waals surface area contributed by atoms with Crippen LogP contribution in [0.5, 0.6) is 0 Å². The number of hydrogen-bond acceptors (Lipinski definition) is 4. The molecule has 22 heavy (non-hydrogen) atoms. The van der Waals surface area contributed by atoms with E-state index in [1.54, 1.807) is 33.8 Å². The van der Waals surface area contributed by atoms with E-state index in [1.807, 2.05) is 6.07 Å². The summed E-state index contributed by atoms with van der Waals surface area (Å²) in [5.74, 6) is -0.468. The topological polar surface area (TPSA) is 62.6 Å². The Labute approximate surface area is 129 Å². The molecule has 0 N–H and O–H groups in total. The molecule has 2 rings (SSSR count). The van der Waals surface area contributed by atoms with E-state index in [2.05, 4.69) is 0 Å². The summed E-state index contributed by atoms with van der Waals surface area (Å²) in [6.07, 6.45) is -0.0958. The number of hydrogen-bond donors (Lipinski definition) is 0. The smallest absolute Gasteiger partial charge is 0.435 e. The maximum Gasteiger partial charge on any atom is 0.435 e. The van der Waals surface area contributed by atoms with Crippen LogP contribution in [0.15, 0.2) is 12.1 Å². The summed E-state index contributed by atoms with van der Waals surface area (Å²) in [4.78, 5) is 17.5. The molecule has 0 radical (unpaired) electrons. The lowest BCUT2D eigenvalue weighted by atomic mass is 9.99. The molecule has 1 fully saturated rings. The Hall–Kier alpha value is -2.13. The highest BCUT2D eigenvalue weighted by molar-refractivity contribution is 5.68. The summed E-state index contributed by atoms with van der Waals surface area (Å²) in [6, 6.07) is 4.44. The van der Waals surface area contributed by atoms with E-state index in [0.29, 0.717) is 24.2 Å². The van der Waals surface area contributed by atoms with Crippen molar-refractivity contribution in [2.75, 3.05) is 6.61 Å². The third-order valence-electron chi connectivity index (χ3n) is 3.35. The second-order valence-corrected chi connectivity index (χ2v) is 6.23. The molecule has 1 aliphatic heterocycles. The number of ether oxygens (including phenoxy) is 1. The average molecular weight is 306 g/mol. The van der Waals surface area contributed by atoms with Gasteiger partial charge in [0.15, 0.2) is 0 Å². The number of nitrogens with zero attached hydrogens (tertiary/aromatic N) is 2. The lowest BCUT2D eigenvalue weighted by Crippen LogP contribution is -2.35. The summed E-state index contributed by atoms with van der Waals surface area (Å²) in [5, 5.41) is 10.2. The predicted octanol–water partition coefficient (Wildman–Crippen LogP) is 3.62. The predicted molar refractivity (Wildman–Crippen MR) is 77.2 cm³/mol. The van der Waals surface area contributed by atoms with Crippen molar-refractivity contribution in [3.8, 4) is 6.07 Å². The highest BCUT2D eigenvalue weighted by Gasteiger charge is 2.35. The second kappa shape index (κ2) is 5.93. The Bertz CT molecular complexity index is 632. The monoisotopic (exact) mass is 306 g/mol. The molecule has 1 heterocycles. The number of rotatable bonds is 1. The first-order valence-electron chi connectivity index (χ1n) is 7.08. The molecule has 0 bridgehead atoms.